The number of nitrogens with one attached hydrogen (secondary N) is 1. The highest BCUT2D eigenvalue weighted by atomic mass is 32.1. The second-order valence-electron chi connectivity index (χ2n) is 6.52. The predicted octanol–water partition coefficient (Wildman–Crippen LogP) is 3.29. The Balaban J connectivity index is 1.51. The van der Waals surface area contributed by atoms with Crippen LogP contribution in [-0.2, 0) is 13.0 Å². The number of rotatable bonds is 6. The topological polar surface area (TPSA) is 72.7 Å². The molecule has 29 heavy (non-hydrogen) atoms. The maximum Gasteiger partial charge on any atom is 0.271 e. The molecule has 0 atom stereocenters. The van der Waals surface area contributed by atoms with Crippen LogP contribution in [0.5, 0.6) is 5.75 Å². The van der Waals surface area contributed by atoms with Crippen molar-refractivity contribution in [3.05, 3.63) is 98.9 Å². The molecule has 0 saturated heterocycles. The Hall–Kier alpha value is -3.45. The fourth-order valence-corrected chi connectivity index (χ4v) is 3.96. The minimum Gasteiger partial charge on any atom is -0.497 e. The van der Waals surface area contributed by atoms with E-state index in [2.05, 4.69) is 10.3 Å². The number of hydrogen-bond acceptors (Lipinski definition) is 5. The molecule has 0 aliphatic carbocycles. The summed E-state index contributed by atoms with van der Waals surface area (Å²) in [4.78, 5) is 31.2. The lowest BCUT2D eigenvalue weighted by atomic mass is 10.1. The summed E-state index contributed by atoms with van der Waals surface area (Å²) >= 11 is 1.45. The Kier molecular flexibility index (Phi) is 5.39. The molecule has 2 heterocycles. The van der Waals surface area contributed by atoms with Crippen LogP contribution >= 0.6 is 11.3 Å². The minimum atomic E-state index is -0.441. The van der Waals surface area contributed by atoms with Crippen LogP contribution in [0.3, 0.4) is 0 Å². The first-order valence-electron chi connectivity index (χ1n) is 9.09. The Morgan fingerprint density at radius 2 is 1.86 bits per heavy atom. The Bertz CT molecular complexity index is 1200. The van der Waals surface area contributed by atoms with E-state index in [0.29, 0.717) is 17.9 Å². The summed E-state index contributed by atoms with van der Waals surface area (Å²) in [5, 5.41) is 2.78. The summed E-state index contributed by atoms with van der Waals surface area (Å²) in [6.45, 7) is 0.313. The van der Waals surface area contributed by atoms with Crippen LogP contribution < -0.4 is 15.6 Å². The molecule has 0 fully saturated rings. The van der Waals surface area contributed by atoms with Crippen molar-refractivity contribution in [1.29, 1.82) is 0 Å². The van der Waals surface area contributed by atoms with E-state index in [0.717, 1.165) is 21.8 Å². The first-order chi connectivity index (χ1) is 14.1. The van der Waals surface area contributed by atoms with E-state index >= 15 is 0 Å². The van der Waals surface area contributed by atoms with Crippen molar-refractivity contribution in [2.24, 2.45) is 0 Å². The van der Waals surface area contributed by atoms with Gasteiger partial charge in [0.2, 0.25) is 0 Å². The average molecular weight is 405 g/mol. The number of fused-ring (bicyclic) bond motifs is 1. The molecule has 0 saturated carbocycles. The largest absolute Gasteiger partial charge is 0.497 e. The van der Waals surface area contributed by atoms with Gasteiger partial charge in [-0.25, -0.2) is 4.98 Å². The van der Waals surface area contributed by atoms with E-state index in [1.807, 2.05) is 54.6 Å². The summed E-state index contributed by atoms with van der Waals surface area (Å²) in [5.74, 6) is 0.306. The second kappa shape index (κ2) is 8.28. The monoisotopic (exact) mass is 405 g/mol. The number of carbonyl (C=O) groups is 1. The molecule has 0 spiro atoms. The van der Waals surface area contributed by atoms with Gasteiger partial charge in [-0.3, -0.25) is 14.0 Å². The normalized spacial score (nSPS) is 10.8. The van der Waals surface area contributed by atoms with Crippen molar-refractivity contribution < 1.29 is 9.53 Å². The van der Waals surface area contributed by atoms with E-state index in [9.17, 15) is 9.59 Å². The Labute approximate surface area is 171 Å². The first-order valence-corrected chi connectivity index (χ1v) is 9.91. The maximum absolute atomic E-state index is 12.8. The highest BCUT2D eigenvalue weighted by Gasteiger charge is 2.15. The fraction of sp³-hybridized carbons (Fsp3) is 0.136. The predicted molar refractivity (Wildman–Crippen MR) is 113 cm³/mol. The molecule has 0 aliphatic rings. The van der Waals surface area contributed by atoms with Crippen LogP contribution in [0.1, 0.15) is 26.4 Å². The van der Waals surface area contributed by atoms with Gasteiger partial charge in [-0.2, -0.15) is 0 Å². The van der Waals surface area contributed by atoms with Gasteiger partial charge in [-0.15, -0.1) is 11.3 Å². The van der Waals surface area contributed by atoms with E-state index in [-0.39, 0.29) is 11.1 Å². The Morgan fingerprint density at radius 1 is 1.10 bits per heavy atom. The van der Waals surface area contributed by atoms with Gasteiger partial charge in [0.25, 0.3) is 11.5 Å². The minimum absolute atomic E-state index is 0.0278. The van der Waals surface area contributed by atoms with Crippen LogP contribution in [0, 0.1) is 0 Å². The van der Waals surface area contributed by atoms with Crippen molar-refractivity contribution in [2.45, 2.75) is 13.0 Å². The zero-order chi connectivity index (χ0) is 20.2. The van der Waals surface area contributed by atoms with E-state index < -0.39 is 5.91 Å². The van der Waals surface area contributed by atoms with Crippen LogP contribution in [0.15, 0.2) is 71.8 Å². The molecule has 1 N–H and O–H groups in total. The van der Waals surface area contributed by atoms with Gasteiger partial charge >= 0.3 is 0 Å². The number of amides is 1. The lowest BCUT2D eigenvalue weighted by Crippen LogP contribution is -2.30. The maximum atomic E-state index is 12.8. The molecule has 4 rings (SSSR count). The first kappa shape index (κ1) is 18.9. The van der Waals surface area contributed by atoms with Gasteiger partial charge in [0.15, 0.2) is 4.96 Å². The molecule has 1 amide bonds. The number of benzene rings is 2. The molecule has 0 aliphatic heterocycles. The summed E-state index contributed by atoms with van der Waals surface area (Å²) in [5.41, 5.74) is 1.73. The number of thiazole rings is 1. The second-order valence-corrected chi connectivity index (χ2v) is 7.61. The molecule has 146 valence electrons. The van der Waals surface area contributed by atoms with E-state index in [4.69, 9.17) is 4.74 Å². The lowest BCUT2D eigenvalue weighted by Gasteiger charge is -2.06. The third-order valence-electron chi connectivity index (χ3n) is 4.53. The molecule has 0 unspecified atom stereocenters. The quantitative estimate of drug-likeness (QED) is 0.534. The highest BCUT2D eigenvalue weighted by Crippen LogP contribution is 2.18. The number of methoxy groups -OCH3 is 1. The molecule has 7 heteroatoms. The number of carbonyl (C=O) groups excluding carboxylic acids is 1. The SMILES string of the molecule is COc1ccc(CNC(=O)c2cnc3sc(Cc4ccccc4)cn3c2=O)cc1. The molecule has 2 aromatic heterocycles. The van der Waals surface area contributed by atoms with Crippen LogP contribution in [-0.4, -0.2) is 22.4 Å². The molecular formula is C22H19N3O3S. The van der Waals surface area contributed by atoms with Crippen LogP contribution in [0.2, 0.25) is 0 Å². The van der Waals surface area contributed by atoms with Gasteiger partial charge in [-0.1, -0.05) is 42.5 Å². The van der Waals surface area contributed by atoms with Crippen LogP contribution in [0.25, 0.3) is 4.96 Å². The summed E-state index contributed by atoms with van der Waals surface area (Å²) in [7, 11) is 1.60. The van der Waals surface area contributed by atoms with Crippen LogP contribution in [0.4, 0.5) is 0 Å². The number of nitrogens with zero attached hydrogens (tertiary/aromatic N) is 2. The molecule has 0 radical (unpaired) electrons. The molecule has 0 bridgehead atoms. The average Bonchev–Trinajstić information content (AvgIpc) is 3.17. The number of hydrogen-bond donors (Lipinski definition) is 1. The van der Waals surface area contributed by atoms with Crippen molar-refractivity contribution in [3.8, 4) is 5.75 Å². The zero-order valence-electron chi connectivity index (χ0n) is 15.8. The highest BCUT2D eigenvalue weighted by molar-refractivity contribution is 7.17. The smallest absolute Gasteiger partial charge is 0.271 e. The zero-order valence-corrected chi connectivity index (χ0v) is 16.6. The molecule has 6 nitrogen and oxygen atoms in total. The van der Waals surface area contributed by atoms with Gasteiger partial charge in [0, 0.05) is 30.2 Å². The van der Waals surface area contributed by atoms with E-state index in [1.165, 1.54) is 21.9 Å². The number of ether oxygens (including phenoxy) is 1. The van der Waals surface area contributed by atoms with Crippen molar-refractivity contribution >= 4 is 22.2 Å². The lowest BCUT2D eigenvalue weighted by molar-refractivity contribution is 0.0949. The molecular weight excluding hydrogens is 386 g/mol. The Morgan fingerprint density at radius 3 is 2.59 bits per heavy atom. The van der Waals surface area contributed by atoms with Crippen molar-refractivity contribution in [2.75, 3.05) is 7.11 Å². The van der Waals surface area contributed by atoms with E-state index in [1.54, 1.807) is 13.3 Å². The van der Waals surface area contributed by atoms with Gasteiger partial charge in [0.1, 0.15) is 11.3 Å². The van der Waals surface area contributed by atoms with Gasteiger partial charge in [-0.05, 0) is 23.3 Å². The molecule has 2 aromatic carbocycles. The summed E-state index contributed by atoms with van der Waals surface area (Å²) < 4.78 is 6.57. The van der Waals surface area contributed by atoms with Crippen molar-refractivity contribution in [3.63, 3.8) is 0 Å². The number of aromatic nitrogens is 2. The fourth-order valence-electron chi connectivity index (χ4n) is 2.99. The standard InChI is InChI=1S/C22H19N3O3S/c1-28-17-9-7-16(8-10-17)12-23-20(26)19-13-24-22-25(21(19)27)14-18(29-22)11-15-5-3-2-4-6-15/h2-10,13-14H,11-12H2,1H3,(H,23,26). The summed E-state index contributed by atoms with van der Waals surface area (Å²) in [6, 6.07) is 17.4. The van der Waals surface area contributed by atoms with Gasteiger partial charge in [0.05, 0.1) is 7.11 Å². The third-order valence-corrected chi connectivity index (χ3v) is 5.53. The third kappa shape index (κ3) is 4.20. The van der Waals surface area contributed by atoms with Gasteiger partial charge < -0.3 is 10.1 Å². The van der Waals surface area contributed by atoms with Crippen molar-refractivity contribution in [1.82, 2.24) is 14.7 Å². The summed E-state index contributed by atoms with van der Waals surface area (Å²) in [6.07, 6.45) is 3.83. The molecule has 4 aromatic rings.